The second-order valence-corrected chi connectivity index (χ2v) is 8.65. The third kappa shape index (κ3) is 4.12. The van der Waals surface area contributed by atoms with Gasteiger partial charge in [-0.05, 0) is 36.5 Å². The van der Waals surface area contributed by atoms with Crippen molar-refractivity contribution < 1.29 is 23.0 Å². The van der Waals surface area contributed by atoms with E-state index in [9.17, 15) is 23.5 Å². The second-order valence-electron chi connectivity index (χ2n) is 8.65. The van der Waals surface area contributed by atoms with E-state index in [1.807, 2.05) is 13.8 Å². The van der Waals surface area contributed by atoms with Crippen molar-refractivity contribution in [1.29, 1.82) is 5.26 Å². The molecule has 1 aromatic carbocycles. The largest absolute Gasteiger partial charge is 0.512 e. The Morgan fingerprint density at radius 2 is 2.00 bits per heavy atom. The third-order valence-corrected chi connectivity index (χ3v) is 5.58. The summed E-state index contributed by atoms with van der Waals surface area (Å²) in [6.45, 7) is 4.90. The first-order chi connectivity index (χ1) is 14.6. The second kappa shape index (κ2) is 7.61. The molecule has 1 aromatic heterocycles. The number of aliphatic hydroxyl groups is 1. The molecule has 0 saturated carbocycles. The van der Waals surface area contributed by atoms with E-state index in [1.54, 1.807) is 24.3 Å². The van der Waals surface area contributed by atoms with Crippen molar-refractivity contribution in [2.45, 2.75) is 45.3 Å². The van der Waals surface area contributed by atoms with Gasteiger partial charge < -0.3 is 15.2 Å². The molecule has 0 radical (unpaired) electrons. The van der Waals surface area contributed by atoms with Gasteiger partial charge in [-0.1, -0.05) is 19.9 Å². The first-order valence-electron chi connectivity index (χ1n) is 10.1. The number of anilines is 1. The van der Waals surface area contributed by atoms with Gasteiger partial charge in [-0.25, -0.2) is 4.68 Å². The zero-order valence-electron chi connectivity index (χ0n) is 17.3. The molecule has 0 unspecified atom stereocenters. The number of ether oxygens (including phenoxy) is 1. The van der Waals surface area contributed by atoms with Crippen molar-refractivity contribution in [3.05, 3.63) is 40.0 Å². The van der Waals surface area contributed by atoms with Crippen LogP contribution in [0.5, 0.6) is 0 Å². The summed E-state index contributed by atoms with van der Waals surface area (Å²) in [5.41, 5.74) is -0.343. The Labute approximate surface area is 177 Å². The van der Waals surface area contributed by atoms with Crippen molar-refractivity contribution in [3.8, 4) is 11.8 Å². The van der Waals surface area contributed by atoms with E-state index in [4.69, 9.17) is 4.74 Å². The maximum Gasteiger partial charge on any atom is 0.435 e. The van der Waals surface area contributed by atoms with Gasteiger partial charge in [-0.15, -0.1) is 0 Å². The van der Waals surface area contributed by atoms with Crippen LogP contribution < -0.4 is 15.9 Å². The highest BCUT2D eigenvalue weighted by Gasteiger charge is 2.39. The van der Waals surface area contributed by atoms with Crippen molar-refractivity contribution in [3.63, 3.8) is 0 Å². The van der Waals surface area contributed by atoms with Crippen LogP contribution in [0.4, 0.5) is 18.9 Å². The number of nitriles is 1. The lowest BCUT2D eigenvalue weighted by Gasteiger charge is -2.25. The quantitative estimate of drug-likeness (QED) is 0.778. The van der Waals surface area contributed by atoms with Crippen molar-refractivity contribution >= 4 is 17.5 Å². The lowest BCUT2D eigenvalue weighted by atomic mass is 9.84. The lowest BCUT2D eigenvalue weighted by molar-refractivity contribution is -0.142. The van der Waals surface area contributed by atoms with Crippen LogP contribution in [0.15, 0.2) is 18.2 Å². The molecule has 0 amide bonds. The summed E-state index contributed by atoms with van der Waals surface area (Å²) in [5, 5.41) is 27.0. The van der Waals surface area contributed by atoms with Gasteiger partial charge in [-0.3, -0.25) is 0 Å². The molecule has 1 aliphatic heterocycles. The van der Waals surface area contributed by atoms with Crippen LogP contribution in [-0.4, -0.2) is 34.1 Å². The number of benzene rings is 1. The smallest absolute Gasteiger partial charge is 0.435 e. The summed E-state index contributed by atoms with van der Waals surface area (Å²) >= 11 is 0. The number of fused-ring (bicyclic) bond motifs is 1. The number of aliphatic hydroxyl groups excluding tert-OH is 1. The molecular weight excluding hydrogens is 409 g/mol. The molecule has 31 heavy (non-hydrogen) atoms. The van der Waals surface area contributed by atoms with Crippen LogP contribution in [0.2, 0.25) is 0 Å². The summed E-state index contributed by atoms with van der Waals surface area (Å²) in [7, 11) is 0. The minimum absolute atomic E-state index is 0.0959. The molecule has 6 nitrogen and oxygen atoms in total. The molecule has 0 spiro atoms. The normalized spacial score (nSPS) is 18.8. The van der Waals surface area contributed by atoms with Gasteiger partial charge >= 0.3 is 6.18 Å². The van der Waals surface area contributed by atoms with E-state index < -0.39 is 17.3 Å². The summed E-state index contributed by atoms with van der Waals surface area (Å²) in [4.78, 5) is 0. The number of alkyl halides is 3. The molecule has 1 saturated heterocycles. The van der Waals surface area contributed by atoms with E-state index in [0.29, 0.717) is 30.2 Å². The molecule has 2 N–H and O–H groups in total. The van der Waals surface area contributed by atoms with Crippen LogP contribution >= 0.6 is 0 Å². The van der Waals surface area contributed by atoms with E-state index in [1.165, 1.54) is 4.68 Å². The predicted octanol–water partition coefficient (Wildman–Crippen LogP) is 3.23. The highest BCUT2D eigenvalue weighted by Crippen LogP contribution is 2.31. The lowest BCUT2D eigenvalue weighted by Crippen LogP contribution is -2.39. The van der Waals surface area contributed by atoms with Crippen LogP contribution in [0, 0.1) is 16.7 Å². The summed E-state index contributed by atoms with van der Waals surface area (Å²) in [6, 6.07) is 6.99. The fourth-order valence-corrected chi connectivity index (χ4v) is 4.13. The van der Waals surface area contributed by atoms with Gasteiger partial charge in [0.2, 0.25) is 0 Å². The SMILES string of the molecule is CC1(C)C=c2c(c(C(F)(F)F)nn2-c2ccc(C#N)c(NC3CCOCC3)c2)=C(O)C1. The number of hydrogen-bond donors (Lipinski definition) is 2. The standard InChI is InChI=1S/C22H23F3N4O2/c1-21(2)10-17-19(18(30)11-21)20(22(23,24)25)28-29(17)15-4-3-13(12-26)16(9-15)27-14-5-7-31-8-6-14/h3-4,9-10,14,27,30H,5-8,11H2,1-2H3. The summed E-state index contributed by atoms with van der Waals surface area (Å²) in [6.07, 6.45) is -1.37. The molecule has 2 aliphatic rings. The van der Waals surface area contributed by atoms with E-state index >= 15 is 0 Å². The number of aromatic nitrogens is 2. The first-order valence-corrected chi connectivity index (χ1v) is 10.1. The highest BCUT2D eigenvalue weighted by atomic mass is 19.4. The van der Waals surface area contributed by atoms with Gasteiger partial charge in [0.05, 0.1) is 27.5 Å². The number of nitrogens with one attached hydrogen (secondary N) is 1. The topological polar surface area (TPSA) is 83.1 Å². The highest BCUT2D eigenvalue weighted by molar-refractivity contribution is 5.63. The molecule has 2 heterocycles. The molecule has 0 bridgehead atoms. The minimum Gasteiger partial charge on any atom is -0.512 e. The van der Waals surface area contributed by atoms with Gasteiger partial charge in [0.25, 0.3) is 0 Å². The van der Waals surface area contributed by atoms with Crippen LogP contribution in [-0.2, 0) is 10.9 Å². The maximum absolute atomic E-state index is 13.7. The van der Waals surface area contributed by atoms with Gasteiger partial charge in [-0.2, -0.15) is 23.5 Å². The molecular formula is C22H23F3N4O2. The average molecular weight is 432 g/mol. The predicted molar refractivity (Wildman–Crippen MR) is 109 cm³/mol. The van der Waals surface area contributed by atoms with E-state index in [0.717, 1.165) is 12.8 Å². The van der Waals surface area contributed by atoms with Gasteiger partial charge in [0, 0.05) is 25.7 Å². The van der Waals surface area contributed by atoms with E-state index in [-0.39, 0.29) is 28.8 Å². The number of hydrogen-bond acceptors (Lipinski definition) is 5. The van der Waals surface area contributed by atoms with Gasteiger partial charge in [0.15, 0.2) is 5.69 Å². The summed E-state index contributed by atoms with van der Waals surface area (Å²) < 4.78 is 47.6. The fourth-order valence-electron chi connectivity index (χ4n) is 4.13. The molecule has 164 valence electrons. The van der Waals surface area contributed by atoms with Crippen LogP contribution in [0.25, 0.3) is 17.5 Å². The summed E-state index contributed by atoms with van der Waals surface area (Å²) in [5.74, 6) is -0.324. The minimum atomic E-state index is -4.71. The molecule has 1 aliphatic carbocycles. The fraction of sp³-hybridized carbons (Fsp3) is 0.455. The van der Waals surface area contributed by atoms with Crippen molar-refractivity contribution in [1.82, 2.24) is 9.78 Å². The number of halogens is 3. The molecule has 9 heteroatoms. The van der Waals surface area contributed by atoms with Crippen LogP contribution in [0.3, 0.4) is 0 Å². The van der Waals surface area contributed by atoms with Crippen molar-refractivity contribution in [2.24, 2.45) is 5.41 Å². The molecule has 0 atom stereocenters. The Bertz CT molecular complexity index is 1170. The Morgan fingerprint density at radius 1 is 1.29 bits per heavy atom. The monoisotopic (exact) mass is 432 g/mol. The zero-order valence-corrected chi connectivity index (χ0v) is 17.3. The maximum atomic E-state index is 13.7. The first kappa shape index (κ1) is 21.2. The molecule has 4 rings (SSSR count). The third-order valence-electron chi connectivity index (χ3n) is 5.58. The molecule has 2 aromatic rings. The van der Waals surface area contributed by atoms with Crippen LogP contribution in [0.1, 0.15) is 44.4 Å². The van der Waals surface area contributed by atoms with E-state index in [2.05, 4.69) is 16.5 Å². The number of nitrogens with zero attached hydrogens (tertiary/aromatic N) is 3. The molecule has 1 fully saturated rings. The Kier molecular flexibility index (Phi) is 5.21. The zero-order chi connectivity index (χ0) is 22.4. The Balaban J connectivity index is 1.89. The van der Waals surface area contributed by atoms with Crippen molar-refractivity contribution in [2.75, 3.05) is 18.5 Å². The van der Waals surface area contributed by atoms with Gasteiger partial charge in [0.1, 0.15) is 11.8 Å². The number of rotatable bonds is 3. The Morgan fingerprint density at radius 3 is 2.65 bits per heavy atom. The average Bonchev–Trinajstić information content (AvgIpc) is 3.07. The Hall–Kier alpha value is -2.99.